The molecule has 1 heterocycles. The Bertz CT molecular complexity index is 573. The summed E-state index contributed by atoms with van der Waals surface area (Å²) in [5.41, 5.74) is 0.561. The lowest BCUT2D eigenvalue weighted by atomic mass is 10.2. The Morgan fingerprint density at radius 3 is 2.71 bits per heavy atom. The number of hydrogen-bond acceptors (Lipinski definition) is 4. The van der Waals surface area contributed by atoms with Gasteiger partial charge in [-0.2, -0.15) is 0 Å². The van der Waals surface area contributed by atoms with Gasteiger partial charge in [0.25, 0.3) is 0 Å². The van der Waals surface area contributed by atoms with Crippen molar-refractivity contribution in [2.45, 2.75) is 24.8 Å². The molecule has 1 aromatic carbocycles. The van der Waals surface area contributed by atoms with E-state index in [1.165, 1.54) is 18.2 Å². The number of fused-ring (bicyclic) bond motifs is 1. The molecule has 0 radical (unpaired) electrons. The van der Waals surface area contributed by atoms with Gasteiger partial charge in [0.05, 0.1) is 9.80 Å². The maximum Gasteiger partial charge on any atom is 0.204 e. The summed E-state index contributed by atoms with van der Waals surface area (Å²) in [7, 11) is -3.37. The minimum absolute atomic E-state index is 0.0771. The van der Waals surface area contributed by atoms with Gasteiger partial charge in [-0.25, -0.2) is 8.42 Å². The number of hydrogen-bond donors (Lipinski definition) is 2. The SMILES string of the molecule is CC(C)NCC1=Cc2cc(O)ccc2S1(=O)=O. The molecule has 2 N–H and O–H groups in total. The van der Waals surface area contributed by atoms with Gasteiger partial charge < -0.3 is 10.4 Å². The molecular weight excluding hydrogens is 238 g/mol. The number of nitrogens with one attached hydrogen (secondary N) is 1. The molecule has 5 heteroatoms. The highest BCUT2D eigenvalue weighted by molar-refractivity contribution is 7.95. The van der Waals surface area contributed by atoms with Crippen LogP contribution in [-0.2, 0) is 9.84 Å². The highest BCUT2D eigenvalue weighted by Crippen LogP contribution is 2.34. The predicted molar refractivity (Wildman–Crippen MR) is 66.4 cm³/mol. The fourth-order valence-electron chi connectivity index (χ4n) is 1.74. The Labute approximate surface area is 101 Å². The summed E-state index contributed by atoms with van der Waals surface area (Å²) in [5, 5.41) is 12.4. The van der Waals surface area contributed by atoms with Crippen molar-refractivity contribution in [3.8, 4) is 5.75 Å². The largest absolute Gasteiger partial charge is 0.508 e. The first-order valence-corrected chi connectivity index (χ1v) is 6.91. The van der Waals surface area contributed by atoms with E-state index in [0.29, 0.717) is 17.0 Å². The number of sulfone groups is 1. The molecule has 0 aromatic heterocycles. The fraction of sp³-hybridized carbons (Fsp3) is 0.333. The zero-order valence-electron chi connectivity index (χ0n) is 9.77. The topological polar surface area (TPSA) is 66.4 Å². The van der Waals surface area contributed by atoms with Crippen molar-refractivity contribution < 1.29 is 13.5 Å². The first-order chi connectivity index (χ1) is 7.91. The van der Waals surface area contributed by atoms with E-state index in [2.05, 4.69) is 5.32 Å². The number of aromatic hydroxyl groups is 1. The van der Waals surface area contributed by atoms with Crippen molar-refractivity contribution in [1.29, 1.82) is 0 Å². The maximum absolute atomic E-state index is 12.1. The van der Waals surface area contributed by atoms with Gasteiger partial charge >= 0.3 is 0 Å². The van der Waals surface area contributed by atoms with Crippen molar-refractivity contribution in [3.63, 3.8) is 0 Å². The van der Waals surface area contributed by atoms with E-state index in [-0.39, 0.29) is 16.7 Å². The molecule has 1 aliphatic heterocycles. The second kappa shape index (κ2) is 4.16. The minimum Gasteiger partial charge on any atom is -0.508 e. The summed E-state index contributed by atoms with van der Waals surface area (Å²) in [6.07, 6.45) is 1.61. The molecule has 0 saturated carbocycles. The van der Waals surface area contributed by atoms with E-state index >= 15 is 0 Å². The molecule has 17 heavy (non-hydrogen) atoms. The van der Waals surface area contributed by atoms with E-state index in [1.54, 1.807) is 6.08 Å². The lowest BCUT2D eigenvalue weighted by Crippen LogP contribution is -2.26. The van der Waals surface area contributed by atoms with Gasteiger partial charge in [0.15, 0.2) is 0 Å². The van der Waals surface area contributed by atoms with Crippen LogP contribution in [0.15, 0.2) is 28.0 Å². The molecular formula is C12H15NO3S. The lowest BCUT2D eigenvalue weighted by molar-refractivity contribution is 0.474. The van der Waals surface area contributed by atoms with E-state index in [9.17, 15) is 13.5 Å². The highest BCUT2D eigenvalue weighted by Gasteiger charge is 2.29. The smallest absolute Gasteiger partial charge is 0.204 e. The van der Waals surface area contributed by atoms with Crippen LogP contribution in [0.3, 0.4) is 0 Å². The van der Waals surface area contributed by atoms with Gasteiger partial charge in [0.2, 0.25) is 9.84 Å². The second-order valence-corrected chi connectivity index (χ2v) is 6.34. The Hall–Kier alpha value is -1.33. The zero-order valence-corrected chi connectivity index (χ0v) is 10.6. The molecule has 0 fully saturated rings. The van der Waals surface area contributed by atoms with Gasteiger partial charge in [0, 0.05) is 12.6 Å². The Kier molecular flexibility index (Phi) is 2.97. The van der Waals surface area contributed by atoms with Crippen molar-refractivity contribution in [2.24, 2.45) is 0 Å². The fourth-order valence-corrected chi connectivity index (χ4v) is 3.25. The van der Waals surface area contributed by atoms with Crippen molar-refractivity contribution in [3.05, 3.63) is 28.7 Å². The molecule has 0 unspecified atom stereocenters. The molecule has 4 nitrogen and oxygen atoms in total. The standard InChI is InChI=1S/C12H15NO3S/c1-8(2)13-7-11-6-9-5-10(14)3-4-12(9)17(11,15)16/h3-6,8,13-14H,7H2,1-2H3. The van der Waals surface area contributed by atoms with Crippen LogP contribution in [0.25, 0.3) is 6.08 Å². The van der Waals surface area contributed by atoms with Crippen molar-refractivity contribution >= 4 is 15.9 Å². The molecule has 0 spiro atoms. The van der Waals surface area contributed by atoms with Gasteiger partial charge in [-0.3, -0.25) is 0 Å². The van der Waals surface area contributed by atoms with Gasteiger partial charge in [-0.1, -0.05) is 13.8 Å². The molecule has 2 rings (SSSR count). The maximum atomic E-state index is 12.1. The third-order valence-corrected chi connectivity index (χ3v) is 4.53. The number of rotatable bonds is 3. The lowest BCUT2D eigenvalue weighted by Gasteiger charge is -2.08. The predicted octanol–water partition coefficient (Wildman–Crippen LogP) is 1.52. The van der Waals surface area contributed by atoms with Gasteiger partial charge in [-0.15, -0.1) is 0 Å². The summed E-state index contributed by atoms with van der Waals surface area (Å²) >= 11 is 0. The van der Waals surface area contributed by atoms with Crippen LogP contribution in [0, 0.1) is 0 Å². The Morgan fingerprint density at radius 1 is 1.35 bits per heavy atom. The molecule has 0 saturated heterocycles. The van der Waals surface area contributed by atoms with Crippen LogP contribution in [0.4, 0.5) is 0 Å². The van der Waals surface area contributed by atoms with Crippen LogP contribution in [0.2, 0.25) is 0 Å². The van der Waals surface area contributed by atoms with Gasteiger partial charge in [-0.05, 0) is 29.8 Å². The molecule has 0 amide bonds. The molecule has 0 aliphatic carbocycles. The van der Waals surface area contributed by atoms with Crippen LogP contribution in [0.1, 0.15) is 19.4 Å². The average molecular weight is 253 g/mol. The summed E-state index contributed by atoms with van der Waals surface area (Å²) in [6, 6.07) is 4.53. The third-order valence-electron chi connectivity index (χ3n) is 2.63. The summed E-state index contributed by atoms with van der Waals surface area (Å²) in [5.74, 6) is 0.0771. The first-order valence-electron chi connectivity index (χ1n) is 5.43. The minimum atomic E-state index is -3.37. The number of phenols is 1. The highest BCUT2D eigenvalue weighted by atomic mass is 32.2. The van der Waals surface area contributed by atoms with E-state index in [4.69, 9.17) is 0 Å². The molecule has 92 valence electrons. The normalized spacial score (nSPS) is 17.0. The Morgan fingerprint density at radius 2 is 2.06 bits per heavy atom. The van der Waals surface area contributed by atoms with Crippen LogP contribution < -0.4 is 5.32 Å². The average Bonchev–Trinajstić information content (AvgIpc) is 2.46. The first kappa shape index (κ1) is 12.1. The van der Waals surface area contributed by atoms with Gasteiger partial charge in [0.1, 0.15) is 5.75 Å². The third kappa shape index (κ3) is 2.21. The van der Waals surface area contributed by atoms with Crippen LogP contribution >= 0.6 is 0 Å². The van der Waals surface area contributed by atoms with E-state index in [1.807, 2.05) is 13.8 Å². The summed E-state index contributed by atoms with van der Waals surface area (Å²) in [4.78, 5) is 0.627. The summed E-state index contributed by atoms with van der Waals surface area (Å²) in [6.45, 7) is 4.23. The van der Waals surface area contributed by atoms with Crippen LogP contribution in [0.5, 0.6) is 5.75 Å². The van der Waals surface area contributed by atoms with Crippen molar-refractivity contribution in [1.82, 2.24) is 5.32 Å². The van der Waals surface area contributed by atoms with E-state index < -0.39 is 9.84 Å². The number of phenolic OH excluding ortho intramolecular Hbond substituents is 1. The van der Waals surface area contributed by atoms with Crippen molar-refractivity contribution in [2.75, 3.05) is 6.54 Å². The zero-order chi connectivity index (χ0) is 12.6. The monoisotopic (exact) mass is 253 g/mol. The molecule has 1 aliphatic rings. The van der Waals surface area contributed by atoms with E-state index in [0.717, 1.165) is 0 Å². The molecule has 1 aromatic rings. The number of benzene rings is 1. The Balaban J connectivity index is 2.37. The van der Waals surface area contributed by atoms with Crippen LogP contribution in [-0.4, -0.2) is 26.1 Å². The molecule has 0 bridgehead atoms. The summed E-state index contributed by atoms with van der Waals surface area (Å²) < 4.78 is 24.2. The molecule has 0 atom stereocenters. The second-order valence-electron chi connectivity index (χ2n) is 4.37. The quantitative estimate of drug-likeness (QED) is 0.857.